The fraction of sp³-hybridized carbons (Fsp3) is 0.471. The summed E-state index contributed by atoms with van der Waals surface area (Å²) in [5, 5.41) is 14.4. The summed E-state index contributed by atoms with van der Waals surface area (Å²) < 4.78 is 0. The molecule has 0 fully saturated rings. The summed E-state index contributed by atoms with van der Waals surface area (Å²) >= 11 is 0. The van der Waals surface area contributed by atoms with Gasteiger partial charge < -0.3 is 10.2 Å². The van der Waals surface area contributed by atoms with Gasteiger partial charge >= 0.3 is 0 Å². The second kappa shape index (κ2) is 6.81. The molecule has 6 nitrogen and oxygen atoms in total. The number of nitrogens with zero attached hydrogens (tertiary/aromatic N) is 2. The number of nitro benzene ring substituents is 1. The van der Waals surface area contributed by atoms with Gasteiger partial charge in [0, 0.05) is 18.2 Å². The number of amides is 1. The van der Waals surface area contributed by atoms with Gasteiger partial charge in [-0.25, -0.2) is 0 Å². The van der Waals surface area contributed by atoms with E-state index in [1.165, 1.54) is 6.07 Å². The van der Waals surface area contributed by atoms with Crippen molar-refractivity contribution in [1.29, 1.82) is 0 Å². The zero-order valence-electron chi connectivity index (χ0n) is 14.0. The van der Waals surface area contributed by atoms with Gasteiger partial charge in [0.1, 0.15) is 11.9 Å². The number of para-hydroxylation sites is 2. The first-order valence-electron chi connectivity index (χ1n) is 7.81. The Morgan fingerprint density at radius 2 is 1.96 bits per heavy atom. The largest absolute Gasteiger partial charge is 0.356 e. The molecule has 124 valence electrons. The maximum Gasteiger partial charge on any atom is 0.292 e. The Morgan fingerprint density at radius 3 is 2.57 bits per heavy atom. The van der Waals surface area contributed by atoms with Crippen molar-refractivity contribution < 1.29 is 9.72 Å². The Kier molecular flexibility index (Phi) is 5.03. The number of hydrogen-bond acceptors (Lipinski definition) is 4. The third-order valence-electron chi connectivity index (χ3n) is 4.24. The van der Waals surface area contributed by atoms with Crippen molar-refractivity contribution in [2.24, 2.45) is 5.92 Å². The average Bonchev–Trinajstić information content (AvgIpc) is 2.70. The van der Waals surface area contributed by atoms with Crippen LogP contribution in [0.3, 0.4) is 0 Å². The van der Waals surface area contributed by atoms with Gasteiger partial charge in [0.25, 0.3) is 11.6 Å². The van der Waals surface area contributed by atoms with E-state index in [-0.39, 0.29) is 17.8 Å². The molecule has 0 saturated carbocycles. The van der Waals surface area contributed by atoms with Gasteiger partial charge in [-0.3, -0.25) is 14.9 Å². The number of anilines is 1. The maximum atomic E-state index is 12.4. The molecule has 1 amide bonds. The number of carbonyl (C=O) groups is 1. The second-order valence-corrected chi connectivity index (χ2v) is 6.31. The second-order valence-electron chi connectivity index (χ2n) is 6.31. The van der Waals surface area contributed by atoms with Crippen LogP contribution < -0.4 is 5.32 Å². The number of nitrogens with one attached hydrogen (secondary N) is 1. The Hall–Kier alpha value is -2.37. The standard InChI is InChI=1S/C17H23N3O3/c1-11(2)9-10-19-16(12(3)13(4)17(19)21)18-14-7-5-6-8-15(14)20(22)23/h5-8,11,16,18H,9-10H2,1-4H3/t16-/m1/s1. The number of hydrogen-bond donors (Lipinski definition) is 1. The summed E-state index contributed by atoms with van der Waals surface area (Å²) in [7, 11) is 0. The smallest absolute Gasteiger partial charge is 0.292 e. The molecule has 0 saturated heterocycles. The van der Waals surface area contributed by atoms with Crippen LogP contribution in [-0.2, 0) is 4.79 Å². The minimum absolute atomic E-state index is 0.000709. The highest BCUT2D eigenvalue weighted by molar-refractivity contribution is 5.97. The molecule has 1 aromatic rings. The lowest BCUT2D eigenvalue weighted by molar-refractivity contribution is -0.384. The number of rotatable bonds is 6. The molecule has 1 aliphatic heterocycles. The third-order valence-corrected chi connectivity index (χ3v) is 4.24. The lowest BCUT2D eigenvalue weighted by Gasteiger charge is -2.28. The highest BCUT2D eigenvalue weighted by Gasteiger charge is 2.35. The van der Waals surface area contributed by atoms with E-state index in [4.69, 9.17) is 0 Å². The Balaban J connectivity index is 2.28. The molecule has 0 radical (unpaired) electrons. The minimum Gasteiger partial charge on any atom is -0.356 e. The van der Waals surface area contributed by atoms with Gasteiger partial charge in [-0.05, 0) is 37.8 Å². The maximum absolute atomic E-state index is 12.4. The molecule has 1 aromatic carbocycles. The van der Waals surface area contributed by atoms with Crippen molar-refractivity contribution in [2.75, 3.05) is 11.9 Å². The van der Waals surface area contributed by atoms with E-state index in [0.29, 0.717) is 23.7 Å². The number of benzene rings is 1. The summed E-state index contributed by atoms with van der Waals surface area (Å²) in [6, 6.07) is 6.51. The molecule has 1 heterocycles. The highest BCUT2D eigenvalue weighted by Crippen LogP contribution is 2.31. The first-order chi connectivity index (χ1) is 10.8. The van der Waals surface area contributed by atoms with Crippen LogP contribution in [0.2, 0.25) is 0 Å². The SMILES string of the molecule is CC1=C(C)[C@H](Nc2ccccc2[N+](=O)[O-])N(CCC(C)C)C1=O. The van der Waals surface area contributed by atoms with Gasteiger partial charge in [-0.1, -0.05) is 26.0 Å². The van der Waals surface area contributed by atoms with E-state index >= 15 is 0 Å². The van der Waals surface area contributed by atoms with Gasteiger partial charge in [0.2, 0.25) is 0 Å². The molecule has 0 aliphatic carbocycles. The molecule has 2 rings (SSSR count). The van der Waals surface area contributed by atoms with Crippen LogP contribution in [0.15, 0.2) is 35.4 Å². The normalized spacial score (nSPS) is 18.0. The first kappa shape index (κ1) is 17.0. The van der Waals surface area contributed by atoms with Crippen LogP contribution in [0.5, 0.6) is 0 Å². The fourth-order valence-corrected chi connectivity index (χ4v) is 2.66. The van der Waals surface area contributed by atoms with Crippen molar-refractivity contribution in [1.82, 2.24) is 4.90 Å². The van der Waals surface area contributed by atoms with E-state index in [0.717, 1.165) is 12.0 Å². The summed E-state index contributed by atoms with van der Waals surface area (Å²) in [6.07, 6.45) is 0.559. The summed E-state index contributed by atoms with van der Waals surface area (Å²) in [4.78, 5) is 25.0. The van der Waals surface area contributed by atoms with E-state index in [1.807, 2.05) is 6.92 Å². The lowest BCUT2D eigenvalue weighted by Crippen LogP contribution is -2.41. The summed E-state index contributed by atoms with van der Waals surface area (Å²) in [5.41, 5.74) is 2.07. The van der Waals surface area contributed by atoms with Crippen LogP contribution in [0.25, 0.3) is 0 Å². The van der Waals surface area contributed by atoms with Crippen LogP contribution in [-0.4, -0.2) is 28.4 Å². The Morgan fingerprint density at radius 1 is 1.30 bits per heavy atom. The van der Waals surface area contributed by atoms with E-state index in [2.05, 4.69) is 19.2 Å². The first-order valence-corrected chi connectivity index (χ1v) is 7.81. The molecule has 6 heteroatoms. The zero-order valence-corrected chi connectivity index (χ0v) is 14.0. The molecular formula is C17H23N3O3. The van der Waals surface area contributed by atoms with Crippen molar-refractivity contribution in [3.8, 4) is 0 Å². The topological polar surface area (TPSA) is 75.5 Å². The van der Waals surface area contributed by atoms with Crippen LogP contribution in [0, 0.1) is 16.0 Å². The summed E-state index contributed by atoms with van der Waals surface area (Å²) in [5.74, 6) is 0.481. The molecule has 1 atom stereocenters. The lowest BCUT2D eigenvalue weighted by atomic mass is 10.1. The third kappa shape index (κ3) is 3.52. The van der Waals surface area contributed by atoms with Gasteiger partial charge in [-0.2, -0.15) is 0 Å². The van der Waals surface area contributed by atoms with Crippen molar-refractivity contribution in [3.05, 3.63) is 45.5 Å². The molecule has 1 aliphatic rings. The van der Waals surface area contributed by atoms with Crippen LogP contribution >= 0.6 is 0 Å². The Labute approximate surface area is 136 Å². The van der Waals surface area contributed by atoms with E-state index in [9.17, 15) is 14.9 Å². The minimum atomic E-state index is -0.413. The van der Waals surface area contributed by atoms with Crippen molar-refractivity contribution >= 4 is 17.3 Å². The van der Waals surface area contributed by atoms with Gasteiger partial charge in [0.15, 0.2) is 0 Å². The fourth-order valence-electron chi connectivity index (χ4n) is 2.66. The predicted octanol–water partition coefficient (Wildman–Crippen LogP) is 3.56. The molecular weight excluding hydrogens is 294 g/mol. The molecule has 1 N–H and O–H groups in total. The van der Waals surface area contributed by atoms with E-state index in [1.54, 1.807) is 30.0 Å². The van der Waals surface area contributed by atoms with Gasteiger partial charge in [0.05, 0.1) is 4.92 Å². The van der Waals surface area contributed by atoms with Crippen molar-refractivity contribution in [3.63, 3.8) is 0 Å². The molecule has 0 spiro atoms. The number of nitro groups is 1. The quantitative estimate of drug-likeness (QED) is 0.643. The van der Waals surface area contributed by atoms with Gasteiger partial charge in [-0.15, -0.1) is 0 Å². The Bertz CT molecular complexity index is 652. The van der Waals surface area contributed by atoms with E-state index < -0.39 is 4.92 Å². The monoisotopic (exact) mass is 317 g/mol. The van der Waals surface area contributed by atoms with Crippen molar-refractivity contribution in [2.45, 2.75) is 40.3 Å². The summed E-state index contributed by atoms with van der Waals surface area (Å²) in [6.45, 7) is 8.55. The molecule has 0 aromatic heterocycles. The molecule has 23 heavy (non-hydrogen) atoms. The van der Waals surface area contributed by atoms with Crippen LogP contribution in [0.4, 0.5) is 11.4 Å². The highest BCUT2D eigenvalue weighted by atomic mass is 16.6. The van der Waals surface area contributed by atoms with Crippen LogP contribution in [0.1, 0.15) is 34.1 Å². The predicted molar refractivity (Wildman–Crippen MR) is 90.0 cm³/mol. The number of carbonyl (C=O) groups excluding carboxylic acids is 1. The molecule has 0 unspecified atom stereocenters. The zero-order chi connectivity index (χ0) is 17.1. The molecule has 0 bridgehead atoms. The average molecular weight is 317 g/mol.